The number of benzene rings is 9. The van der Waals surface area contributed by atoms with Gasteiger partial charge in [-0.1, -0.05) is 207 Å². The van der Waals surface area contributed by atoms with E-state index in [9.17, 15) is 0 Å². The molecule has 2 aliphatic heterocycles. The van der Waals surface area contributed by atoms with Crippen molar-refractivity contribution in [3.05, 3.63) is 307 Å². The molecule has 68 heavy (non-hydrogen) atoms. The minimum atomic E-state index is -0.759. The maximum absolute atomic E-state index is 4.40. The molecule has 1 spiro atoms. The van der Waals surface area contributed by atoms with Gasteiger partial charge >= 0.3 is 0 Å². The van der Waals surface area contributed by atoms with Crippen molar-refractivity contribution in [3.8, 4) is 44.5 Å². The minimum absolute atomic E-state index is 0.759. The lowest BCUT2D eigenvalue weighted by molar-refractivity contribution is 0.662. The zero-order valence-corrected chi connectivity index (χ0v) is 37.7. The van der Waals surface area contributed by atoms with Gasteiger partial charge in [0.1, 0.15) is 0 Å². The lowest BCUT2D eigenvalue weighted by Crippen LogP contribution is -2.46. The quantitative estimate of drug-likeness (QED) is 0.150. The number of fused-ring (bicyclic) bond motifs is 5. The van der Waals surface area contributed by atoms with Crippen molar-refractivity contribution < 1.29 is 0 Å². The van der Waals surface area contributed by atoms with E-state index in [1.807, 2.05) is 6.08 Å². The number of rotatable bonds is 8. The average Bonchev–Trinajstić information content (AvgIpc) is 3.91. The van der Waals surface area contributed by atoms with Crippen LogP contribution in [0, 0.1) is 0 Å². The monoisotopic (exact) mass is 868 g/mol. The zero-order valence-electron chi connectivity index (χ0n) is 37.7. The van der Waals surface area contributed by atoms with Gasteiger partial charge in [-0.3, -0.25) is 0 Å². The molecule has 0 unspecified atom stereocenters. The Morgan fingerprint density at radius 3 is 1.26 bits per heavy atom. The van der Waals surface area contributed by atoms with E-state index >= 15 is 0 Å². The molecular weight excluding hydrogens is 821 g/mol. The second-order valence-corrected chi connectivity index (χ2v) is 17.7. The van der Waals surface area contributed by atoms with Crippen LogP contribution in [-0.2, 0) is 5.41 Å². The molecule has 9 aromatic rings. The average molecular weight is 869 g/mol. The molecule has 0 aromatic heterocycles. The summed E-state index contributed by atoms with van der Waals surface area (Å²) in [6.45, 7) is 4.40. The van der Waals surface area contributed by atoms with Gasteiger partial charge < -0.3 is 9.80 Å². The van der Waals surface area contributed by atoms with E-state index in [-0.39, 0.29) is 0 Å². The SMILES string of the molecule is C=CC=C1/C(=C\c2ccccc2)C2(C3=C(C=CC3)N1c1ccc(-c3ccccc3)cc1)c1cc(-c3ccccc3)ccc1N(c1ccc(-c3ccccc3)cc1)c1ccc(-c3ccccc3)cc12. The van der Waals surface area contributed by atoms with E-state index < -0.39 is 5.41 Å². The van der Waals surface area contributed by atoms with Crippen LogP contribution in [0.15, 0.2) is 290 Å². The zero-order chi connectivity index (χ0) is 45.4. The smallest absolute Gasteiger partial charge is 0.0749 e. The molecule has 0 atom stereocenters. The molecule has 2 nitrogen and oxygen atoms in total. The van der Waals surface area contributed by atoms with E-state index in [0.29, 0.717) is 0 Å². The van der Waals surface area contributed by atoms with Crippen LogP contribution in [0.5, 0.6) is 0 Å². The molecule has 0 radical (unpaired) electrons. The normalized spacial score (nSPS) is 15.6. The van der Waals surface area contributed by atoms with Crippen molar-refractivity contribution in [2.75, 3.05) is 9.80 Å². The molecular formula is C66H48N2. The van der Waals surface area contributed by atoms with Gasteiger partial charge in [0.2, 0.25) is 0 Å². The molecule has 0 bridgehead atoms. The molecule has 2 heterocycles. The standard InChI is InChI=1S/C66H48N2/c1-2-19-62-59(44-47-20-8-3-9-21-47)66(58-30-18-31-63(58)67(62)56-38-32-52(33-39-56)48-22-10-4-11-23-48)60-45-54(50-26-14-6-15-27-50)36-42-64(60)68(57-40-34-53(35-41-57)49-24-12-5-13-25-49)65-43-37-55(46-61(65)66)51-28-16-7-17-29-51/h2-29,31-46H,1,30H2/b59-44+,62-19?. The molecule has 0 amide bonds. The van der Waals surface area contributed by atoms with Gasteiger partial charge in [-0.25, -0.2) is 0 Å². The number of nitrogens with zero attached hydrogens (tertiary/aromatic N) is 2. The van der Waals surface area contributed by atoms with Gasteiger partial charge in [0.05, 0.1) is 22.5 Å². The summed E-state index contributed by atoms with van der Waals surface area (Å²) in [5.74, 6) is 0. The van der Waals surface area contributed by atoms with Crippen molar-refractivity contribution in [2.24, 2.45) is 0 Å². The van der Waals surface area contributed by atoms with E-state index in [2.05, 4.69) is 277 Å². The topological polar surface area (TPSA) is 6.48 Å². The van der Waals surface area contributed by atoms with Crippen molar-refractivity contribution in [3.63, 3.8) is 0 Å². The first-order chi connectivity index (χ1) is 33.7. The summed E-state index contributed by atoms with van der Waals surface area (Å²) in [4.78, 5) is 4.98. The number of anilines is 4. The second kappa shape index (κ2) is 17.3. The van der Waals surface area contributed by atoms with Crippen LogP contribution in [0.25, 0.3) is 50.6 Å². The van der Waals surface area contributed by atoms with Crippen LogP contribution in [0.1, 0.15) is 23.1 Å². The first-order valence-corrected chi connectivity index (χ1v) is 23.5. The molecule has 12 rings (SSSR count). The van der Waals surface area contributed by atoms with Crippen LogP contribution in [0.2, 0.25) is 0 Å². The number of allylic oxidation sites excluding steroid dienone is 6. The molecule has 0 saturated heterocycles. The predicted molar refractivity (Wildman–Crippen MR) is 286 cm³/mol. The van der Waals surface area contributed by atoms with E-state index in [0.717, 1.165) is 40.4 Å². The minimum Gasteiger partial charge on any atom is -0.310 e. The molecule has 0 N–H and O–H groups in total. The maximum atomic E-state index is 4.40. The number of hydrogen-bond acceptors (Lipinski definition) is 2. The van der Waals surface area contributed by atoms with Crippen LogP contribution in [0.3, 0.4) is 0 Å². The van der Waals surface area contributed by atoms with Gasteiger partial charge in [0.25, 0.3) is 0 Å². The fourth-order valence-corrected chi connectivity index (χ4v) is 10.8. The molecule has 0 saturated carbocycles. The second-order valence-electron chi connectivity index (χ2n) is 17.7. The third kappa shape index (κ3) is 6.89. The molecule has 0 fully saturated rings. The predicted octanol–water partition coefficient (Wildman–Crippen LogP) is 17.3. The summed E-state index contributed by atoms with van der Waals surface area (Å²) in [6, 6.07) is 86.3. The Morgan fingerprint density at radius 1 is 0.412 bits per heavy atom. The first kappa shape index (κ1) is 40.8. The third-order valence-corrected chi connectivity index (χ3v) is 13.9. The summed E-state index contributed by atoms with van der Waals surface area (Å²) >= 11 is 0. The highest BCUT2D eigenvalue weighted by Gasteiger charge is 2.55. The highest BCUT2D eigenvalue weighted by Crippen LogP contribution is 2.65. The van der Waals surface area contributed by atoms with Gasteiger partial charge in [0.15, 0.2) is 0 Å². The Bertz CT molecular complexity index is 3350. The molecule has 1 aliphatic carbocycles. The maximum Gasteiger partial charge on any atom is 0.0749 e. The van der Waals surface area contributed by atoms with E-state index in [1.165, 1.54) is 72.5 Å². The van der Waals surface area contributed by atoms with Crippen LogP contribution in [0.4, 0.5) is 22.7 Å². The summed E-state index contributed by atoms with van der Waals surface area (Å²) in [5, 5.41) is 0. The van der Waals surface area contributed by atoms with E-state index in [1.54, 1.807) is 0 Å². The number of hydrogen-bond donors (Lipinski definition) is 0. The highest BCUT2D eigenvalue weighted by atomic mass is 15.2. The van der Waals surface area contributed by atoms with Crippen LogP contribution >= 0.6 is 0 Å². The summed E-state index contributed by atoms with van der Waals surface area (Å²) in [5.41, 5.74) is 21.6. The van der Waals surface area contributed by atoms with Crippen molar-refractivity contribution in [1.29, 1.82) is 0 Å². The fraction of sp³-hybridized carbons (Fsp3) is 0.0303. The van der Waals surface area contributed by atoms with Crippen LogP contribution < -0.4 is 9.80 Å². The Hall–Kier alpha value is -8.72. The van der Waals surface area contributed by atoms with Gasteiger partial charge in [-0.2, -0.15) is 0 Å². The Labute approximate surface area is 399 Å². The molecule has 322 valence electrons. The van der Waals surface area contributed by atoms with E-state index in [4.69, 9.17) is 0 Å². The van der Waals surface area contributed by atoms with Gasteiger partial charge in [-0.15, -0.1) is 0 Å². The van der Waals surface area contributed by atoms with Crippen molar-refractivity contribution in [1.82, 2.24) is 0 Å². The van der Waals surface area contributed by atoms with Crippen molar-refractivity contribution in [2.45, 2.75) is 11.8 Å². The lowest BCUT2D eigenvalue weighted by atomic mass is 9.58. The highest BCUT2D eigenvalue weighted by molar-refractivity contribution is 5.96. The van der Waals surface area contributed by atoms with Gasteiger partial charge in [-0.05, 0) is 146 Å². The largest absolute Gasteiger partial charge is 0.310 e. The third-order valence-electron chi connectivity index (χ3n) is 13.9. The van der Waals surface area contributed by atoms with Gasteiger partial charge in [0, 0.05) is 17.1 Å². The van der Waals surface area contributed by atoms with Crippen LogP contribution in [-0.4, -0.2) is 0 Å². The lowest BCUT2D eigenvalue weighted by Gasteiger charge is -2.53. The summed E-state index contributed by atoms with van der Waals surface area (Å²) < 4.78 is 0. The summed E-state index contributed by atoms with van der Waals surface area (Å²) in [6.07, 6.45) is 12.1. The Balaban J connectivity index is 1.19. The van der Waals surface area contributed by atoms with Crippen molar-refractivity contribution >= 4 is 28.8 Å². The molecule has 9 aromatic carbocycles. The first-order valence-electron chi connectivity index (χ1n) is 23.5. The fourth-order valence-electron chi connectivity index (χ4n) is 10.8. The molecule has 3 aliphatic rings. The molecule has 2 heteroatoms. The summed E-state index contributed by atoms with van der Waals surface area (Å²) in [7, 11) is 0. The Morgan fingerprint density at radius 2 is 0.809 bits per heavy atom. The Kier molecular flexibility index (Phi) is 10.3.